The largest absolute Gasteiger partial charge is 0.497 e. The summed E-state index contributed by atoms with van der Waals surface area (Å²) in [5.41, 5.74) is 1.91. The third-order valence-electron chi connectivity index (χ3n) is 3.27. The minimum atomic E-state index is -0.952. The van der Waals surface area contributed by atoms with Gasteiger partial charge in [-0.25, -0.2) is 4.39 Å². The maximum absolute atomic E-state index is 13.4. The van der Waals surface area contributed by atoms with E-state index in [1.54, 1.807) is 31.4 Å². The molecule has 106 valence electrons. The van der Waals surface area contributed by atoms with Crippen LogP contribution in [0.5, 0.6) is 11.5 Å². The van der Waals surface area contributed by atoms with Gasteiger partial charge in [-0.2, -0.15) is 0 Å². The number of benzene rings is 2. The van der Waals surface area contributed by atoms with E-state index in [1.807, 2.05) is 6.92 Å². The molecule has 1 atom stereocenters. The van der Waals surface area contributed by atoms with Crippen LogP contribution in [0.1, 0.15) is 22.8 Å². The van der Waals surface area contributed by atoms with Crippen molar-refractivity contribution in [3.05, 3.63) is 58.9 Å². The molecule has 0 spiro atoms. The maximum Gasteiger partial charge on any atom is 0.128 e. The SMILES string of the molecule is COc1ccc(C(O)c2cc(F)ccc2C)c(OC)c1. The van der Waals surface area contributed by atoms with E-state index in [1.165, 1.54) is 19.2 Å². The smallest absolute Gasteiger partial charge is 0.128 e. The third-order valence-corrected chi connectivity index (χ3v) is 3.27. The van der Waals surface area contributed by atoms with Crippen LogP contribution in [0, 0.1) is 12.7 Å². The summed E-state index contributed by atoms with van der Waals surface area (Å²) in [6, 6.07) is 9.49. The molecule has 0 aliphatic heterocycles. The standard InChI is InChI=1S/C16H17FO3/c1-10-4-5-11(17)8-14(10)16(18)13-7-6-12(19-2)9-15(13)20-3/h4-9,16,18H,1-3H3. The zero-order valence-electron chi connectivity index (χ0n) is 11.7. The second kappa shape index (κ2) is 5.92. The number of methoxy groups -OCH3 is 2. The molecule has 0 bridgehead atoms. The van der Waals surface area contributed by atoms with Crippen molar-refractivity contribution in [3.63, 3.8) is 0 Å². The molecular weight excluding hydrogens is 259 g/mol. The Labute approximate surface area is 117 Å². The molecule has 0 saturated carbocycles. The van der Waals surface area contributed by atoms with Crippen LogP contribution in [-0.4, -0.2) is 19.3 Å². The number of rotatable bonds is 4. The summed E-state index contributed by atoms with van der Waals surface area (Å²) in [6.45, 7) is 1.83. The highest BCUT2D eigenvalue weighted by atomic mass is 19.1. The second-order valence-electron chi connectivity index (χ2n) is 4.51. The summed E-state index contributed by atoms with van der Waals surface area (Å²) in [5, 5.41) is 10.5. The Bertz CT molecular complexity index is 611. The van der Waals surface area contributed by atoms with Gasteiger partial charge in [0, 0.05) is 11.6 Å². The first kappa shape index (κ1) is 14.3. The molecule has 0 heterocycles. The fraction of sp³-hybridized carbons (Fsp3) is 0.250. The van der Waals surface area contributed by atoms with Gasteiger partial charge in [0.05, 0.1) is 14.2 Å². The molecule has 2 rings (SSSR count). The normalized spacial score (nSPS) is 12.1. The third kappa shape index (κ3) is 2.75. The number of aliphatic hydroxyl groups excluding tert-OH is 1. The fourth-order valence-corrected chi connectivity index (χ4v) is 2.12. The van der Waals surface area contributed by atoms with Crippen LogP contribution >= 0.6 is 0 Å². The van der Waals surface area contributed by atoms with Gasteiger partial charge in [-0.05, 0) is 42.3 Å². The topological polar surface area (TPSA) is 38.7 Å². The molecule has 1 N–H and O–H groups in total. The molecule has 0 saturated heterocycles. The van der Waals surface area contributed by atoms with E-state index in [0.717, 1.165) is 5.56 Å². The van der Waals surface area contributed by atoms with E-state index in [9.17, 15) is 9.50 Å². The van der Waals surface area contributed by atoms with E-state index >= 15 is 0 Å². The monoisotopic (exact) mass is 276 g/mol. The quantitative estimate of drug-likeness (QED) is 0.931. The van der Waals surface area contributed by atoms with Crippen LogP contribution in [-0.2, 0) is 0 Å². The second-order valence-corrected chi connectivity index (χ2v) is 4.51. The lowest BCUT2D eigenvalue weighted by molar-refractivity contribution is 0.213. The summed E-state index contributed by atoms with van der Waals surface area (Å²) in [6.07, 6.45) is -0.952. The highest BCUT2D eigenvalue weighted by Gasteiger charge is 2.18. The lowest BCUT2D eigenvalue weighted by Gasteiger charge is -2.18. The Morgan fingerprint density at radius 2 is 1.75 bits per heavy atom. The maximum atomic E-state index is 13.4. The number of hydrogen-bond acceptors (Lipinski definition) is 3. The molecule has 2 aromatic rings. The van der Waals surface area contributed by atoms with Crippen molar-refractivity contribution in [1.29, 1.82) is 0 Å². The molecule has 20 heavy (non-hydrogen) atoms. The van der Waals surface area contributed by atoms with Crippen LogP contribution in [0.2, 0.25) is 0 Å². The Morgan fingerprint density at radius 1 is 1.00 bits per heavy atom. The highest BCUT2D eigenvalue weighted by Crippen LogP contribution is 2.34. The lowest BCUT2D eigenvalue weighted by Crippen LogP contribution is -2.05. The average molecular weight is 276 g/mol. The van der Waals surface area contributed by atoms with Gasteiger partial charge in [-0.1, -0.05) is 6.07 Å². The van der Waals surface area contributed by atoms with Gasteiger partial charge in [0.2, 0.25) is 0 Å². The number of ether oxygens (including phenoxy) is 2. The van der Waals surface area contributed by atoms with Crippen molar-refractivity contribution in [2.45, 2.75) is 13.0 Å². The van der Waals surface area contributed by atoms with Crippen molar-refractivity contribution in [2.24, 2.45) is 0 Å². The van der Waals surface area contributed by atoms with E-state index < -0.39 is 6.10 Å². The van der Waals surface area contributed by atoms with Crippen LogP contribution < -0.4 is 9.47 Å². The molecule has 0 fully saturated rings. The first-order valence-corrected chi connectivity index (χ1v) is 6.23. The Hall–Kier alpha value is -2.07. The molecular formula is C16H17FO3. The van der Waals surface area contributed by atoms with Crippen LogP contribution in [0.15, 0.2) is 36.4 Å². The highest BCUT2D eigenvalue weighted by molar-refractivity contribution is 5.46. The van der Waals surface area contributed by atoms with E-state index in [-0.39, 0.29) is 5.82 Å². The zero-order valence-corrected chi connectivity index (χ0v) is 11.7. The average Bonchev–Trinajstić information content (AvgIpc) is 2.48. The van der Waals surface area contributed by atoms with Gasteiger partial charge in [-0.15, -0.1) is 0 Å². The minimum absolute atomic E-state index is 0.378. The van der Waals surface area contributed by atoms with Gasteiger partial charge < -0.3 is 14.6 Å². The van der Waals surface area contributed by atoms with Crippen molar-refractivity contribution in [2.75, 3.05) is 14.2 Å². The number of aryl methyl sites for hydroxylation is 1. The Kier molecular flexibility index (Phi) is 4.25. The molecule has 3 nitrogen and oxygen atoms in total. The fourth-order valence-electron chi connectivity index (χ4n) is 2.12. The van der Waals surface area contributed by atoms with Crippen molar-refractivity contribution >= 4 is 0 Å². The molecule has 4 heteroatoms. The number of halogens is 1. The summed E-state index contributed by atoms with van der Waals surface area (Å²) in [5.74, 6) is 0.756. The van der Waals surface area contributed by atoms with Crippen molar-refractivity contribution in [3.8, 4) is 11.5 Å². The van der Waals surface area contributed by atoms with Crippen molar-refractivity contribution in [1.82, 2.24) is 0 Å². The van der Waals surface area contributed by atoms with E-state index in [4.69, 9.17) is 9.47 Å². The van der Waals surface area contributed by atoms with Gasteiger partial charge in [0.1, 0.15) is 23.4 Å². The summed E-state index contributed by atoms with van der Waals surface area (Å²) < 4.78 is 23.7. The molecule has 1 unspecified atom stereocenters. The van der Waals surface area contributed by atoms with E-state index in [0.29, 0.717) is 22.6 Å². The van der Waals surface area contributed by atoms with Crippen LogP contribution in [0.4, 0.5) is 4.39 Å². The summed E-state index contributed by atoms with van der Waals surface area (Å²) >= 11 is 0. The molecule has 0 aliphatic carbocycles. The van der Waals surface area contributed by atoms with Gasteiger partial charge in [-0.3, -0.25) is 0 Å². The molecule has 0 aromatic heterocycles. The van der Waals surface area contributed by atoms with E-state index in [2.05, 4.69) is 0 Å². The number of hydrogen-bond donors (Lipinski definition) is 1. The zero-order chi connectivity index (χ0) is 14.7. The molecule has 0 aliphatic rings. The lowest BCUT2D eigenvalue weighted by atomic mass is 9.96. The molecule has 2 aromatic carbocycles. The van der Waals surface area contributed by atoms with Gasteiger partial charge in [0.15, 0.2) is 0 Å². The van der Waals surface area contributed by atoms with Crippen LogP contribution in [0.25, 0.3) is 0 Å². The van der Waals surface area contributed by atoms with Gasteiger partial charge >= 0.3 is 0 Å². The molecule has 0 amide bonds. The summed E-state index contributed by atoms with van der Waals surface area (Å²) in [4.78, 5) is 0. The number of aliphatic hydroxyl groups is 1. The minimum Gasteiger partial charge on any atom is -0.497 e. The first-order chi connectivity index (χ1) is 9.56. The summed E-state index contributed by atoms with van der Waals surface area (Å²) in [7, 11) is 3.07. The first-order valence-electron chi connectivity index (χ1n) is 6.23. The molecule has 0 radical (unpaired) electrons. The predicted molar refractivity (Wildman–Crippen MR) is 74.7 cm³/mol. The predicted octanol–water partition coefficient (Wildman–Crippen LogP) is 3.23. The van der Waals surface area contributed by atoms with Crippen LogP contribution in [0.3, 0.4) is 0 Å². The Morgan fingerprint density at radius 3 is 2.40 bits per heavy atom. The Balaban J connectivity index is 2.47. The van der Waals surface area contributed by atoms with Gasteiger partial charge in [0.25, 0.3) is 0 Å². The van der Waals surface area contributed by atoms with Crippen molar-refractivity contribution < 1.29 is 19.0 Å².